The molecule has 4 aromatic rings. The van der Waals surface area contributed by atoms with Crippen molar-refractivity contribution in [3.05, 3.63) is 90.6 Å². The van der Waals surface area contributed by atoms with E-state index in [4.69, 9.17) is 10.7 Å². The molecule has 144 valence electrons. The molecule has 29 heavy (non-hydrogen) atoms. The van der Waals surface area contributed by atoms with Gasteiger partial charge in [-0.05, 0) is 53.9 Å². The molecule has 0 atom stereocenters. The van der Waals surface area contributed by atoms with Crippen LogP contribution in [0.25, 0.3) is 22.4 Å². The van der Waals surface area contributed by atoms with Crippen molar-refractivity contribution in [3.8, 4) is 22.4 Å². The second kappa shape index (κ2) is 8.48. The Balaban J connectivity index is 1.59. The van der Waals surface area contributed by atoms with Crippen LogP contribution in [0.1, 0.15) is 5.56 Å². The average molecular weight is 385 g/mol. The molecule has 0 fully saturated rings. The summed E-state index contributed by atoms with van der Waals surface area (Å²) in [7, 11) is 0. The summed E-state index contributed by atoms with van der Waals surface area (Å²) in [5, 5.41) is 3.28. The van der Waals surface area contributed by atoms with E-state index in [9.17, 15) is 4.39 Å². The fraction of sp³-hybridized carbons (Fsp3) is 0.0870. The molecule has 0 unspecified atom stereocenters. The smallest absolute Gasteiger partial charge is 0.223 e. The molecule has 0 aliphatic rings. The first-order valence-electron chi connectivity index (χ1n) is 9.31. The molecular formula is C23H20FN5. The number of pyridine rings is 1. The maximum absolute atomic E-state index is 13.3. The zero-order chi connectivity index (χ0) is 20.1. The van der Waals surface area contributed by atoms with Crippen LogP contribution in [0.4, 0.5) is 16.0 Å². The first-order valence-corrected chi connectivity index (χ1v) is 9.31. The number of anilines is 2. The standard InChI is InChI=1S/C23H20FN5/c24-19-5-3-17(4-6-19)21-15-28-23(29-22(21)18-10-12-26-13-11-18)27-14-9-16-1-7-20(25)8-2-16/h1-8,10-13,15H,9,14,25H2,(H,27,28,29). The van der Waals surface area contributed by atoms with Gasteiger partial charge in [-0.2, -0.15) is 0 Å². The summed E-state index contributed by atoms with van der Waals surface area (Å²) >= 11 is 0. The number of nitrogen functional groups attached to an aromatic ring is 1. The average Bonchev–Trinajstić information content (AvgIpc) is 2.76. The third-order valence-corrected chi connectivity index (χ3v) is 4.57. The van der Waals surface area contributed by atoms with Crippen molar-refractivity contribution in [1.82, 2.24) is 15.0 Å². The molecule has 0 bridgehead atoms. The molecule has 0 amide bonds. The van der Waals surface area contributed by atoms with E-state index < -0.39 is 0 Å². The number of hydrogen-bond donors (Lipinski definition) is 2. The van der Waals surface area contributed by atoms with Gasteiger partial charge in [-0.25, -0.2) is 14.4 Å². The molecule has 0 saturated heterocycles. The number of nitrogens with zero attached hydrogens (tertiary/aromatic N) is 3. The molecule has 3 N–H and O–H groups in total. The van der Waals surface area contributed by atoms with Crippen molar-refractivity contribution >= 4 is 11.6 Å². The molecule has 5 nitrogen and oxygen atoms in total. The zero-order valence-corrected chi connectivity index (χ0v) is 15.7. The molecule has 6 heteroatoms. The highest BCUT2D eigenvalue weighted by atomic mass is 19.1. The van der Waals surface area contributed by atoms with Crippen LogP contribution in [0.2, 0.25) is 0 Å². The zero-order valence-electron chi connectivity index (χ0n) is 15.7. The summed E-state index contributed by atoms with van der Waals surface area (Å²) in [6, 6.07) is 17.9. The van der Waals surface area contributed by atoms with Crippen LogP contribution in [-0.4, -0.2) is 21.5 Å². The number of aromatic nitrogens is 3. The van der Waals surface area contributed by atoms with Crippen LogP contribution in [0.5, 0.6) is 0 Å². The van der Waals surface area contributed by atoms with Crippen LogP contribution in [-0.2, 0) is 6.42 Å². The van der Waals surface area contributed by atoms with E-state index in [-0.39, 0.29) is 5.82 Å². The van der Waals surface area contributed by atoms with E-state index in [0.717, 1.165) is 34.5 Å². The molecule has 2 heterocycles. The molecule has 0 spiro atoms. The second-order valence-electron chi connectivity index (χ2n) is 6.62. The van der Waals surface area contributed by atoms with Crippen LogP contribution in [0, 0.1) is 5.82 Å². The SMILES string of the molecule is Nc1ccc(CCNc2ncc(-c3ccc(F)cc3)c(-c3ccncc3)n2)cc1. The number of nitrogens with one attached hydrogen (secondary N) is 1. The number of benzene rings is 2. The summed E-state index contributed by atoms with van der Waals surface area (Å²) in [5.74, 6) is 0.263. The third kappa shape index (κ3) is 4.55. The minimum atomic E-state index is -0.277. The van der Waals surface area contributed by atoms with Gasteiger partial charge < -0.3 is 11.1 Å². The molecular weight excluding hydrogens is 365 g/mol. The Morgan fingerprint density at radius 3 is 2.31 bits per heavy atom. The number of rotatable bonds is 6. The summed E-state index contributed by atoms with van der Waals surface area (Å²) in [4.78, 5) is 13.3. The Hall–Kier alpha value is -3.80. The monoisotopic (exact) mass is 385 g/mol. The van der Waals surface area contributed by atoms with Gasteiger partial charge in [0.25, 0.3) is 0 Å². The minimum Gasteiger partial charge on any atom is -0.399 e. The fourth-order valence-electron chi connectivity index (χ4n) is 3.04. The van der Waals surface area contributed by atoms with Crippen molar-refractivity contribution in [3.63, 3.8) is 0 Å². The summed E-state index contributed by atoms with van der Waals surface area (Å²) in [5.41, 5.74) is 11.0. The lowest BCUT2D eigenvalue weighted by Crippen LogP contribution is -2.09. The fourth-order valence-corrected chi connectivity index (χ4v) is 3.04. The van der Waals surface area contributed by atoms with Crippen molar-refractivity contribution < 1.29 is 4.39 Å². The lowest BCUT2D eigenvalue weighted by molar-refractivity contribution is 0.628. The highest BCUT2D eigenvalue weighted by molar-refractivity contribution is 5.80. The van der Waals surface area contributed by atoms with E-state index >= 15 is 0 Å². The highest BCUT2D eigenvalue weighted by Crippen LogP contribution is 2.30. The minimum absolute atomic E-state index is 0.277. The van der Waals surface area contributed by atoms with Crippen molar-refractivity contribution in [1.29, 1.82) is 0 Å². The third-order valence-electron chi connectivity index (χ3n) is 4.57. The summed E-state index contributed by atoms with van der Waals surface area (Å²) < 4.78 is 13.3. The van der Waals surface area contributed by atoms with Crippen LogP contribution in [0.3, 0.4) is 0 Å². The predicted octanol–water partition coefficient (Wildman–Crippen LogP) is 4.58. The van der Waals surface area contributed by atoms with E-state index in [1.54, 1.807) is 30.7 Å². The molecule has 0 aliphatic carbocycles. The number of halogens is 1. The van der Waals surface area contributed by atoms with Crippen molar-refractivity contribution in [2.75, 3.05) is 17.6 Å². The van der Waals surface area contributed by atoms with Gasteiger partial charge in [0.1, 0.15) is 5.82 Å². The van der Waals surface area contributed by atoms with Crippen LogP contribution in [0.15, 0.2) is 79.3 Å². The van der Waals surface area contributed by atoms with Crippen LogP contribution < -0.4 is 11.1 Å². The van der Waals surface area contributed by atoms with Crippen LogP contribution >= 0.6 is 0 Å². The first kappa shape index (κ1) is 18.6. The van der Waals surface area contributed by atoms with Crippen molar-refractivity contribution in [2.45, 2.75) is 6.42 Å². The number of hydrogen-bond acceptors (Lipinski definition) is 5. The quantitative estimate of drug-likeness (QED) is 0.475. The predicted molar refractivity (Wildman–Crippen MR) is 114 cm³/mol. The molecule has 0 saturated carbocycles. The maximum atomic E-state index is 13.3. The normalized spacial score (nSPS) is 10.7. The topological polar surface area (TPSA) is 76.7 Å². The molecule has 2 aromatic heterocycles. The van der Waals surface area contributed by atoms with Gasteiger partial charge in [0.05, 0.1) is 5.69 Å². The Kier molecular flexibility index (Phi) is 5.42. The van der Waals surface area contributed by atoms with E-state index in [1.807, 2.05) is 36.4 Å². The molecule has 2 aromatic carbocycles. The van der Waals surface area contributed by atoms with Gasteiger partial charge in [-0.3, -0.25) is 4.98 Å². The maximum Gasteiger partial charge on any atom is 0.223 e. The van der Waals surface area contributed by atoms with Gasteiger partial charge in [0, 0.05) is 41.9 Å². The van der Waals surface area contributed by atoms with Gasteiger partial charge in [-0.1, -0.05) is 24.3 Å². The summed E-state index contributed by atoms with van der Waals surface area (Å²) in [6.07, 6.45) is 6.04. The molecule has 0 aliphatic heterocycles. The Morgan fingerprint density at radius 2 is 1.59 bits per heavy atom. The van der Waals surface area contributed by atoms with E-state index in [1.165, 1.54) is 17.7 Å². The highest BCUT2D eigenvalue weighted by Gasteiger charge is 2.12. The Bertz CT molecular complexity index is 1080. The van der Waals surface area contributed by atoms with Gasteiger partial charge in [0.2, 0.25) is 5.95 Å². The largest absolute Gasteiger partial charge is 0.399 e. The lowest BCUT2D eigenvalue weighted by atomic mass is 10.0. The van der Waals surface area contributed by atoms with E-state index in [2.05, 4.69) is 15.3 Å². The van der Waals surface area contributed by atoms with Crippen molar-refractivity contribution in [2.24, 2.45) is 0 Å². The second-order valence-corrected chi connectivity index (χ2v) is 6.62. The number of nitrogens with two attached hydrogens (primary N) is 1. The summed E-state index contributed by atoms with van der Waals surface area (Å²) in [6.45, 7) is 0.690. The van der Waals surface area contributed by atoms with E-state index in [0.29, 0.717) is 12.5 Å². The molecule has 0 radical (unpaired) electrons. The Morgan fingerprint density at radius 1 is 0.862 bits per heavy atom. The van der Waals surface area contributed by atoms with Gasteiger partial charge in [0.15, 0.2) is 0 Å². The first-order chi connectivity index (χ1) is 14.2. The molecule has 4 rings (SSSR count). The van der Waals surface area contributed by atoms with Gasteiger partial charge >= 0.3 is 0 Å². The van der Waals surface area contributed by atoms with Gasteiger partial charge in [-0.15, -0.1) is 0 Å². The lowest BCUT2D eigenvalue weighted by Gasteiger charge is -2.12. The Labute approximate surface area is 168 Å².